The third kappa shape index (κ3) is 3.87. The van der Waals surface area contributed by atoms with E-state index in [0.717, 1.165) is 16.9 Å². The second-order valence-electron chi connectivity index (χ2n) is 5.53. The van der Waals surface area contributed by atoms with Crippen LogP contribution in [0.1, 0.15) is 25.5 Å². The fourth-order valence-electron chi connectivity index (χ4n) is 2.57. The molecule has 23 heavy (non-hydrogen) atoms. The highest BCUT2D eigenvalue weighted by molar-refractivity contribution is 7.99. The predicted molar refractivity (Wildman–Crippen MR) is 94.3 cm³/mol. The van der Waals surface area contributed by atoms with Crippen molar-refractivity contribution in [1.29, 1.82) is 0 Å². The predicted octanol–water partition coefficient (Wildman–Crippen LogP) is 4.29. The van der Waals surface area contributed by atoms with Gasteiger partial charge in [0.25, 0.3) is 0 Å². The molecule has 2 aromatic rings. The molecule has 4 nitrogen and oxygen atoms in total. The Bertz CT molecular complexity index is 676. The van der Waals surface area contributed by atoms with Gasteiger partial charge in [-0.15, -0.1) is 0 Å². The van der Waals surface area contributed by atoms with Gasteiger partial charge in [0.2, 0.25) is 0 Å². The van der Waals surface area contributed by atoms with Gasteiger partial charge in [-0.05, 0) is 32.0 Å². The average Bonchev–Trinajstić information content (AvgIpc) is 2.56. The van der Waals surface area contributed by atoms with E-state index >= 15 is 0 Å². The summed E-state index contributed by atoms with van der Waals surface area (Å²) in [5, 5.41) is 3.55. The summed E-state index contributed by atoms with van der Waals surface area (Å²) in [5.74, 6) is 0. The van der Waals surface area contributed by atoms with Crippen molar-refractivity contribution in [2.24, 2.45) is 5.73 Å². The van der Waals surface area contributed by atoms with Crippen LogP contribution in [0.2, 0.25) is 0 Å². The molecule has 3 rings (SSSR count). The number of fused-ring (bicyclic) bond motifs is 2. The molecule has 2 unspecified atom stereocenters. The van der Waals surface area contributed by atoms with Crippen LogP contribution in [0.25, 0.3) is 0 Å². The van der Waals surface area contributed by atoms with Gasteiger partial charge in [0.1, 0.15) is 6.23 Å². The molecule has 0 amide bonds. The normalized spacial score (nSPS) is 15.3. The van der Waals surface area contributed by atoms with Crippen LogP contribution in [-0.2, 0) is 9.47 Å². The molecule has 1 aliphatic heterocycles. The summed E-state index contributed by atoms with van der Waals surface area (Å²) >= 11 is 1.79. The molecule has 0 saturated heterocycles. The van der Waals surface area contributed by atoms with E-state index in [4.69, 9.17) is 15.2 Å². The van der Waals surface area contributed by atoms with Crippen LogP contribution < -0.4 is 11.1 Å². The lowest BCUT2D eigenvalue weighted by Crippen LogP contribution is -2.21. The molecular formula is C18H22N2O2S. The summed E-state index contributed by atoms with van der Waals surface area (Å²) in [4.78, 5) is 2.47. The lowest BCUT2D eigenvalue weighted by atomic mass is 10.1. The van der Waals surface area contributed by atoms with Crippen LogP contribution in [0.15, 0.2) is 52.3 Å². The molecule has 0 bridgehead atoms. The fraction of sp³-hybridized carbons (Fsp3) is 0.333. The summed E-state index contributed by atoms with van der Waals surface area (Å²) in [6, 6.07) is 14.7. The highest BCUT2D eigenvalue weighted by Crippen LogP contribution is 2.46. The Labute approximate surface area is 141 Å². The smallest absolute Gasteiger partial charge is 0.102 e. The summed E-state index contributed by atoms with van der Waals surface area (Å²) in [6.45, 7) is 4.90. The van der Waals surface area contributed by atoms with Crippen LogP contribution in [0.5, 0.6) is 0 Å². The third-order valence-electron chi connectivity index (χ3n) is 3.69. The number of anilines is 2. The maximum Gasteiger partial charge on any atom is 0.102 e. The van der Waals surface area contributed by atoms with Gasteiger partial charge in [-0.1, -0.05) is 36.0 Å². The van der Waals surface area contributed by atoms with Crippen molar-refractivity contribution in [3.05, 3.63) is 48.0 Å². The molecule has 2 aromatic carbocycles. The van der Waals surface area contributed by atoms with E-state index in [-0.39, 0.29) is 12.3 Å². The maximum atomic E-state index is 5.90. The number of hydrogen-bond donors (Lipinski definition) is 2. The fourth-order valence-corrected chi connectivity index (χ4v) is 3.60. The first-order valence-electron chi connectivity index (χ1n) is 7.81. The highest BCUT2D eigenvalue weighted by atomic mass is 32.2. The van der Waals surface area contributed by atoms with Crippen molar-refractivity contribution >= 4 is 23.1 Å². The Hall–Kier alpha value is -1.53. The van der Waals surface area contributed by atoms with E-state index in [1.54, 1.807) is 11.8 Å². The van der Waals surface area contributed by atoms with E-state index in [1.807, 2.05) is 13.0 Å². The molecule has 0 radical (unpaired) electrons. The molecule has 5 heteroatoms. The minimum atomic E-state index is -0.257. The van der Waals surface area contributed by atoms with Gasteiger partial charge in [-0.25, -0.2) is 0 Å². The number of rotatable bonds is 6. The van der Waals surface area contributed by atoms with Crippen molar-refractivity contribution in [3.8, 4) is 0 Å². The number of hydrogen-bond acceptors (Lipinski definition) is 5. The summed E-state index contributed by atoms with van der Waals surface area (Å²) in [7, 11) is 0. The Balaban J connectivity index is 1.72. The van der Waals surface area contributed by atoms with Crippen LogP contribution >= 0.6 is 11.8 Å². The van der Waals surface area contributed by atoms with E-state index in [0.29, 0.717) is 13.2 Å². The molecule has 2 atom stereocenters. The van der Waals surface area contributed by atoms with Gasteiger partial charge in [0.15, 0.2) is 0 Å². The first-order chi connectivity index (χ1) is 11.1. The Morgan fingerprint density at radius 3 is 2.57 bits per heavy atom. The lowest BCUT2D eigenvalue weighted by molar-refractivity contribution is -0.0105. The zero-order valence-electron chi connectivity index (χ0n) is 13.4. The first kappa shape index (κ1) is 16.3. The number of para-hydroxylation sites is 2. The van der Waals surface area contributed by atoms with Gasteiger partial charge in [-0.3, -0.25) is 0 Å². The molecule has 122 valence electrons. The van der Waals surface area contributed by atoms with Gasteiger partial charge in [0.05, 0.1) is 30.7 Å². The molecule has 1 heterocycles. The molecule has 0 fully saturated rings. The van der Waals surface area contributed by atoms with Gasteiger partial charge in [0, 0.05) is 15.4 Å². The molecule has 1 aliphatic rings. The lowest BCUT2D eigenvalue weighted by Gasteiger charge is -2.25. The summed E-state index contributed by atoms with van der Waals surface area (Å²) in [6.07, 6.45) is -0.270. The van der Waals surface area contributed by atoms with Gasteiger partial charge in [-0.2, -0.15) is 0 Å². The number of nitrogens with one attached hydrogen (secondary N) is 1. The summed E-state index contributed by atoms with van der Waals surface area (Å²) < 4.78 is 11.2. The molecule has 0 aromatic heterocycles. The molecular weight excluding hydrogens is 308 g/mol. The summed E-state index contributed by atoms with van der Waals surface area (Å²) in [5.41, 5.74) is 9.00. The van der Waals surface area contributed by atoms with E-state index in [1.165, 1.54) is 9.79 Å². The number of ether oxygens (including phenoxy) is 2. The minimum Gasteiger partial charge on any atom is -0.371 e. The Morgan fingerprint density at radius 1 is 1.00 bits per heavy atom. The monoisotopic (exact) mass is 330 g/mol. The van der Waals surface area contributed by atoms with E-state index < -0.39 is 0 Å². The van der Waals surface area contributed by atoms with Crippen LogP contribution in [0.3, 0.4) is 0 Å². The number of nitrogens with two attached hydrogens (primary N) is 1. The quantitative estimate of drug-likeness (QED) is 0.521. The molecule has 0 spiro atoms. The van der Waals surface area contributed by atoms with Gasteiger partial charge < -0.3 is 20.5 Å². The van der Waals surface area contributed by atoms with Crippen LogP contribution in [0.4, 0.5) is 11.4 Å². The SMILES string of the molecule is CC(N)OCCOC(C)c1cccc2c1Nc1ccccc1S2. The zero-order chi connectivity index (χ0) is 16.2. The molecule has 3 N–H and O–H groups in total. The second-order valence-corrected chi connectivity index (χ2v) is 6.62. The highest BCUT2D eigenvalue weighted by Gasteiger charge is 2.20. The van der Waals surface area contributed by atoms with Crippen molar-refractivity contribution in [3.63, 3.8) is 0 Å². The Kier molecular flexibility index (Phi) is 5.23. The van der Waals surface area contributed by atoms with Crippen LogP contribution in [0, 0.1) is 0 Å². The van der Waals surface area contributed by atoms with Crippen molar-refractivity contribution in [2.75, 3.05) is 18.5 Å². The van der Waals surface area contributed by atoms with E-state index in [9.17, 15) is 0 Å². The largest absolute Gasteiger partial charge is 0.371 e. The average molecular weight is 330 g/mol. The maximum absolute atomic E-state index is 5.90. The molecule has 0 aliphatic carbocycles. The standard InChI is InChI=1S/C18H22N2O2S/c1-12(21-10-11-22-13(2)19)14-6-5-9-17-18(14)20-15-7-3-4-8-16(15)23-17/h3-9,12-13,20H,10-11,19H2,1-2H3. The third-order valence-corrected chi connectivity index (χ3v) is 4.83. The van der Waals surface area contributed by atoms with Crippen molar-refractivity contribution in [2.45, 2.75) is 36.0 Å². The van der Waals surface area contributed by atoms with Crippen molar-refractivity contribution < 1.29 is 9.47 Å². The minimum absolute atomic E-state index is 0.0139. The Morgan fingerprint density at radius 2 is 1.74 bits per heavy atom. The number of benzene rings is 2. The zero-order valence-corrected chi connectivity index (χ0v) is 14.2. The van der Waals surface area contributed by atoms with Crippen LogP contribution in [-0.4, -0.2) is 19.4 Å². The topological polar surface area (TPSA) is 56.5 Å². The van der Waals surface area contributed by atoms with Crippen molar-refractivity contribution in [1.82, 2.24) is 0 Å². The van der Waals surface area contributed by atoms with Gasteiger partial charge >= 0.3 is 0 Å². The van der Waals surface area contributed by atoms with E-state index in [2.05, 4.69) is 48.6 Å². The first-order valence-corrected chi connectivity index (χ1v) is 8.62. The molecule has 0 saturated carbocycles. The second kappa shape index (κ2) is 7.36.